The second kappa shape index (κ2) is 4.53. The Balaban J connectivity index is 2.31. The van der Waals surface area contributed by atoms with Gasteiger partial charge in [0, 0.05) is 11.8 Å². The highest BCUT2D eigenvalue weighted by atomic mass is 16.5. The summed E-state index contributed by atoms with van der Waals surface area (Å²) in [7, 11) is 1.59. The maximum absolute atomic E-state index is 10.5. The van der Waals surface area contributed by atoms with Crippen molar-refractivity contribution in [2.24, 2.45) is 0 Å². The topological polar surface area (TPSA) is 52.1 Å². The molecular weight excluding hydrogens is 204 g/mol. The SMILES string of the molecule is COc1ccc(-c2ccc(C=O)cn2)nc1. The van der Waals surface area contributed by atoms with E-state index in [0.29, 0.717) is 11.3 Å². The fourth-order valence-corrected chi connectivity index (χ4v) is 1.28. The highest BCUT2D eigenvalue weighted by Crippen LogP contribution is 2.17. The van der Waals surface area contributed by atoms with E-state index < -0.39 is 0 Å². The molecule has 16 heavy (non-hydrogen) atoms. The normalized spacial score (nSPS) is 9.81. The highest BCUT2D eigenvalue weighted by Gasteiger charge is 2.01. The van der Waals surface area contributed by atoms with Gasteiger partial charge in [-0.15, -0.1) is 0 Å². The molecule has 0 saturated heterocycles. The predicted octanol–water partition coefficient (Wildman–Crippen LogP) is 1.96. The predicted molar refractivity (Wildman–Crippen MR) is 59.4 cm³/mol. The van der Waals surface area contributed by atoms with E-state index in [1.54, 1.807) is 25.4 Å². The summed E-state index contributed by atoms with van der Waals surface area (Å²) in [5.74, 6) is 0.702. The van der Waals surface area contributed by atoms with E-state index in [2.05, 4.69) is 9.97 Å². The number of nitrogens with zero attached hydrogens (tertiary/aromatic N) is 2. The number of rotatable bonds is 3. The molecule has 0 spiro atoms. The van der Waals surface area contributed by atoms with Crippen LogP contribution >= 0.6 is 0 Å². The Morgan fingerprint density at radius 3 is 2.19 bits per heavy atom. The highest BCUT2D eigenvalue weighted by molar-refractivity contribution is 5.74. The van der Waals surface area contributed by atoms with E-state index >= 15 is 0 Å². The number of hydrogen-bond donors (Lipinski definition) is 0. The summed E-state index contributed by atoms with van der Waals surface area (Å²) < 4.78 is 5.01. The summed E-state index contributed by atoms with van der Waals surface area (Å²) in [6.45, 7) is 0. The number of carbonyl (C=O) groups excluding carboxylic acids is 1. The summed E-state index contributed by atoms with van der Waals surface area (Å²) >= 11 is 0. The van der Waals surface area contributed by atoms with Gasteiger partial charge in [-0.2, -0.15) is 0 Å². The van der Waals surface area contributed by atoms with Gasteiger partial charge in [0.1, 0.15) is 5.75 Å². The second-order valence-electron chi connectivity index (χ2n) is 3.18. The van der Waals surface area contributed by atoms with Crippen LogP contribution in [0.25, 0.3) is 11.4 Å². The zero-order chi connectivity index (χ0) is 11.4. The largest absolute Gasteiger partial charge is 0.495 e. The van der Waals surface area contributed by atoms with E-state index in [-0.39, 0.29) is 0 Å². The fraction of sp³-hybridized carbons (Fsp3) is 0.0833. The van der Waals surface area contributed by atoms with Gasteiger partial charge in [-0.1, -0.05) is 0 Å². The van der Waals surface area contributed by atoms with Crippen LogP contribution in [0.1, 0.15) is 10.4 Å². The number of aromatic nitrogens is 2. The molecule has 0 atom stereocenters. The second-order valence-corrected chi connectivity index (χ2v) is 3.18. The van der Waals surface area contributed by atoms with Crippen LogP contribution < -0.4 is 4.74 Å². The minimum absolute atomic E-state index is 0.553. The molecule has 80 valence electrons. The molecular formula is C12H10N2O2. The van der Waals surface area contributed by atoms with Gasteiger partial charge in [0.05, 0.1) is 24.7 Å². The van der Waals surface area contributed by atoms with Crippen LogP contribution in [0.15, 0.2) is 36.7 Å². The standard InChI is InChI=1S/C12H10N2O2/c1-16-10-3-5-12(14-7-10)11-4-2-9(8-15)6-13-11/h2-8H,1H3. The Morgan fingerprint density at radius 2 is 1.75 bits per heavy atom. The van der Waals surface area contributed by atoms with E-state index in [1.807, 2.05) is 12.1 Å². The number of aldehydes is 1. The van der Waals surface area contributed by atoms with Crippen molar-refractivity contribution in [1.82, 2.24) is 9.97 Å². The van der Waals surface area contributed by atoms with Crippen LogP contribution in [-0.4, -0.2) is 23.4 Å². The summed E-state index contributed by atoms with van der Waals surface area (Å²) in [4.78, 5) is 18.8. The van der Waals surface area contributed by atoms with E-state index in [9.17, 15) is 4.79 Å². The molecule has 0 aliphatic heterocycles. The molecule has 0 saturated carbocycles. The molecule has 2 heterocycles. The first-order valence-electron chi connectivity index (χ1n) is 4.75. The maximum atomic E-state index is 10.5. The summed E-state index contributed by atoms with van der Waals surface area (Å²) in [6.07, 6.45) is 3.91. The van der Waals surface area contributed by atoms with Crippen molar-refractivity contribution in [2.45, 2.75) is 0 Å². The van der Waals surface area contributed by atoms with E-state index in [1.165, 1.54) is 6.20 Å². The van der Waals surface area contributed by atoms with Gasteiger partial charge in [-0.05, 0) is 24.3 Å². The average Bonchev–Trinajstić information content (AvgIpc) is 2.39. The maximum Gasteiger partial charge on any atom is 0.151 e. The minimum atomic E-state index is 0.553. The fourth-order valence-electron chi connectivity index (χ4n) is 1.28. The Bertz CT molecular complexity index is 477. The lowest BCUT2D eigenvalue weighted by Gasteiger charge is -2.01. The van der Waals surface area contributed by atoms with Crippen LogP contribution in [0.2, 0.25) is 0 Å². The number of ether oxygens (including phenoxy) is 1. The molecule has 0 amide bonds. The molecule has 4 heteroatoms. The molecule has 0 unspecified atom stereocenters. The summed E-state index contributed by atoms with van der Waals surface area (Å²) in [6, 6.07) is 7.11. The first-order valence-corrected chi connectivity index (χ1v) is 4.75. The monoisotopic (exact) mass is 214 g/mol. The Kier molecular flexibility index (Phi) is 2.91. The van der Waals surface area contributed by atoms with Crippen LogP contribution in [0.3, 0.4) is 0 Å². The lowest BCUT2D eigenvalue weighted by Crippen LogP contribution is -1.90. The van der Waals surface area contributed by atoms with Crippen molar-refractivity contribution in [3.8, 4) is 17.1 Å². The lowest BCUT2D eigenvalue weighted by atomic mass is 10.2. The van der Waals surface area contributed by atoms with Crippen LogP contribution in [0.5, 0.6) is 5.75 Å². The number of hydrogen-bond acceptors (Lipinski definition) is 4. The Hall–Kier alpha value is -2.23. The minimum Gasteiger partial charge on any atom is -0.495 e. The van der Waals surface area contributed by atoms with Crippen LogP contribution in [0, 0.1) is 0 Å². The number of pyridine rings is 2. The van der Waals surface area contributed by atoms with Crippen LogP contribution in [0.4, 0.5) is 0 Å². The van der Waals surface area contributed by atoms with Crippen molar-refractivity contribution in [2.75, 3.05) is 7.11 Å². The molecule has 0 fully saturated rings. The molecule has 2 aromatic rings. The third kappa shape index (κ3) is 2.06. The molecule has 4 nitrogen and oxygen atoms in total. The van der Waals surface area contributed by atoms with Gasteiger partial charge in [0.25, 0.3) is 0 Å². The van der Waals surface area contributed by atoms with Crippen molar-refractivity contribution in [3.05, 3.63) is 42.2 Å². The van der Waals surface area contributed by atoms with Gasteiger partial charge in [0.2, 0.25) is 0 Å². The quantitative estimate of drug-likeness (QED) is 0.733. The Labute approximate surface area is 92.9 Å². The molecule has 0 aliphatic carbocycles. The third-order valence-electron chi connectivity index (χ3n) is 2.16. The van der Waals surface area contributed by atoms with Gasteiger partial charge < -0.3 is 4.74 Å². The van der Waals surface area contributed by atoms with Gasteiger partial charge in [-0.25, -0.2) is 0 Å². The molecule has 0 aliphatic rings. The zero-order valence-electron chi connectivity index (χ0n) is 8.75. The van der Waals surface area contributed by atoms with Gasteiger partial charge >= 0.3 is 0 Å². The molecule has 2 aromatic heterocycles. The number of carbonyl (C=O) groups is 1. The van der Waals surface area contributed by atoms with Crippen LogP contribution in [-0.2, 0) is 0 Å². The molecule has 0 radical (unpaired) electrons. The van der Waals surface area contributed by atoms with E-state index in [0.717, 1.165) is 17.7 Å². The lowest BCUT2D eigenvalue weighted by molar-refractivity contribution is 0.112. The first kappa shape index (κ1) is 10.3. The number of methoxy groups -OCH3 is 1. The smallest absolute Gasteiger partial charge is 0.151 e. The zero-order valence-corrected chi connectivity index (χ0v) is 8.75. The molecule has 0 bridgehead atoms. The van der Waals surface area contributed by atoms with Crippen molar-refractivity contribution >= 4 is 6.29 Å². The van der Waals surface area contributed by atoms with Crippen molar-refractivity contribution in [3.63, 3.8) is 0 Å². The molecule has 0 N–H and O–H groups in total. The van der Waals surface area contributed by atoms with Gasteiger partial charge in [-0.3, -0.25) is 14.8 Å². The third-order valence-corrected chi connectivity index (χ3v) is 2.16. The summed E-state index contributed by atoms with van der Waals surface area (Å²) in [5.41, 5.74) is 2.03. The molecule has 0 aromatic carbocycles. The van der Waals surface area contributed by atoms with E-state index in [4.69, 9.17) is 4.74 Å². The average molecular weight is 214 g/mol. The van der Waals surface area contributed by atoms with Crippen molar-refractivity contribution < 1.29 is 9.53 Å². The first-order chi connectivity index (χ1) is 7.83. The molecule has 2 rings (SSSR count). The summed E-state index contributed by atoms with van der Waals surface area (Å²) in [5, 5.41) is 0. The van der Waals surface area contributed by atoms with Gasteiger partial charge in [0.15, 0.2) is 6.29 Å². The Morgan fingerprint density at radius 1 is 1.06 bits per heavy atom. The van der Waals surface area contributed by atoms with Crippen molar-refractivity contribution in [1.29, 1.82) is 0 Å².